The third-order valence-electron chi connectivity index (χ3n) is 3.30. The predicted octanol–water partition coefficient (Wildman–Crippen LogP) is 3.93. The van der Waals surface area contributed by atoms with Gasteiger partial charge >= 0.3 is 0 Å². The molecule has 0 aromatic heterocycles. The smallest absolute Gasteiger partial charge is 0.147 e. The van der Waals surface area contributed by atoms with Gasteiger partial charge < -0.3 is 15.6 Å². The van der Waals surface area contributed by atoms with Crippen LogP contribution in [0.4, 0.5) is 10.1 Å². The van der Waals surface area contributed by atoms with Crippen LogP contribution in [0.2, 0.25) is 0 Å². The molecule has 0 spiro atoms. The van der Waals surface area contributed by atoms with Crippen molar-refractivity contribution in [2.24, 2.45) is 0 Å². The molecule has 108 valence electrons. The SMILES string of the molecule is N#Cc1cc(F)c(N)cc1Oc1cccc2c(O)cccc12. The van der Waals surface area contributed by atoms with E-state index in [0.717, 1.165) is 6.07 Å². The number of phenolic OH excluding ortho intramolecular Hbond substituents is 1. The Kier molecular flexibility index (Phi) is 3.28. The molecule has 0 saturated heterocycles. The van der Waals surface area contributed by atoms with Crippen molar-refractivity contribution in [3.8, 4) is 23.3 Å². The number of nitrogens with two attached hydrogens (primary N) is 1. The van der Waals surface area contributed by atoms with Crippen LogP contribution < -0.4 is 10.5 Å². The molecule has 3 aromatic rings. The lowest BCUT2D eigenvalue weighted by Gasteiger charge is -2.11. The minimum absolute atomic E-state index is 0.0452. The van der Waals surface area contributed by atoms with Gasteiger partial charge in [0, 0.05) is 16.8 Å². The molecule has 0 unspecified atom stereocenters. The molecule has 0 saturated carbocycles. The van der Waals surface area contributed by atoms with Crippen molar-refractivity contribution in [1.82, 2.24) is 0 Å². The van der Waals surface area contributed by atoms with Crippen molar-refractivity contribution >= 4 is 16.5 Å². The molecule has 22 heavy (non-hydrogen) atoms. The van der Waals surface area contributed by atoms with Crippen LogP contribution in [0.25, 0.3) is 10.8 Å². The highest BCUT2D eigenvalue weighted by molar-refractivity contribution is 5.93. The summed E-state index contributed by atoms with van der Waals surface area (Å²) in [6, 6.07) is 14.4. The summed E-state index contributed by atoms with van der Waals surface area (Å²) in [7, 11) is 0. The Morgan fingerprint density at radius 3 is 2.55 bits per heavy atom. The molecular weight excluding hydrogens is 283 g/mol. The summed E-state index contributed by atoms with van der Waals surface area (Å²) in [5.74, 6) is 0.0645. The third-order valence-corrected chi connectivity index (χ3v) is 3.30. The van der Waals surface area contributed by atoms with Gasteiger partial charge in [0.15, 0.2) is 0 Å². The van der Waals surface area contributed by atoms with Gasteiger partial charge in [-0.2, -0.15) is 5.26 Å². The molecule has 0 aliphatic carbocycles. The van der Waals surface area contributed by atoms with Crippen molar-refractivity contribution in [1.29, 1.82) is 5.26 Å². The zero-order valence-corrected chi connectivity index (χ0v) is 11.4. The van der Waals surface area contributed by atoms with Crippen LogP contribution in [0, 0.1) is 17.1 Å². The Morgan fingerprint density at radius 1 is 1.05 bits per heavy atom. The minimum atomic E-state index is -0.667. The first-order chi connectivity index (χ1) is 10.6. The highest BCUT2D eigenvalue weighted by atomic mass is 19.1. The number of fused-ring (bicyclic) bond motifs is 1. The van der Waals surface area contributed by atoms with Crippen LogP contribution in [-0.2, 0) is 0 Å². The van der Waals surface area contributed by atoms with Gasteiger partial charge in [0.25, 0.3) is 0 Å². The largest absolute Gasteiger partial charge is 0.507 e. The number of phenols is 1. The summed E-state index contributed by atoms with van der Waals surface area (Å²) >= 11 is 0. The quantitative estimate of drug-likeness (QED) is 0.702. The number of hydrogen-bond donors (Lipinski definition) is 2. The zero-order valence-electron chi connectivity index (χ0n) is 11.4. The molecule has 0 fully saturated rings. The first kappa shape index (κ1) is 13.7. The number of nitrogens with zero attached hydrogens (tertiary/aromatic N) is 1. The van der Waals surface area contributed by atoms with Crippen molar-refractivity contribution in [3.05, 3.63) is 59.9 Å². The van der Waals surface area contributed by atoms with E-state index in [0.29, 0.717) is 16.5 Å². The second-order valence-electron chi connectivity index (χ2n) is 4.71. The van der Waals surface area contributed by atoms with Crippen molar-refractivity contribution in [2.75, 3.05) is 5.73 Å². The number of nitriles is 1. The average Bonchev–Trinajstić information content (AvgIpc) is 2.51. The van der Waals surface area contributed by atoms with E-state index in [2.05, 4.69) is 0 Å². The number of anilines is 1. The zero-order chi connectivity index (χ0) is 15.7. The van der Waals surface area contributed by atoms with Crippen LogP contribution in [0.5, 0.6) is 17.2 Å². The normalized spacial score (nSPS) is 10.4. The van der Waals surface area contributed by atoms with Gasteiger partial charge in [0.2, 0.25) is 0 Å². The molecule has 0 heterocycles. The standard InChI is InChI=1S/C17H11FN2O2/c18-13-7-10(9-19)17(8-14(13)20)22-16-6-2-3-11-12(16)4-1-5-15(11)21/h1-8,21H,20H2. The highest BCUT2D eigenvalue weighted by Crippen LogP contribution is 2.35. The number of benzene rings is 3. The van der Waals surface area contributed by atoms with Gasteiger partial charge in [-0.15, -0.1) is 0 Å². The summed E-state index contributed by atoms with van der Waals surface area (Å²) in [5, 5.41) is 20.3. The molecule has 5 heteroatoms. The second kappa shape index (κ2) is 5.26. The number of halogens is 1. The second-order valence-corrected chi connectivity index (χ2v) is 4.71. The molecule has 3 N–H and O–H groups in total. The van der Waals surface area contributed by atoms with E-state index in [1.54, 1.807) is 36.4 Å². The van der Waals surface area contributed by atoms with E-state index in [9.17, 15) is 9.50 Å². The van der Waals surface area contributed by atoms with Crippen molar-refractivity contribution in [3.63, 3.8) is 0 Å². The minimum Gasteiger partial charge on any atom is -0.507 e. The maximum atomic E-state index is 13.4. The fourth-order valence-electron chi connectivity index (χ4n) is 2.21. The maximum Gasteiger partial charge on any atom is 0.147 e. The topological polar surface area (TPSA) is 79.3 Å². The summed E-state index contributed by atoms with van der Waals surface area (Å²) in [6.07, 6.45) is 0. The average molecular weight is 294 g/mol. The van der Waals surface area contributed by atoms with Gasteiger partial charge in [0.1, 0.15) is 29.1 Å². The van der Waals surface area contributed by atoms with Gasteiger partial charge in [-0.25, -0.2) is 4.39 Å². The molecule has 3 rings (SSSR count). The molecule has 0 amide bonds. The maximum absolute atomic E-state index is 13.4. The molecule has 0 aliphatic heterocycles. The molecular formula is C17H11FN2O2. The molecule has 0 radical (unpaired) electrons. The molecule has 3 aromatic carbocycles. The number of ether oxygens (including phenoxy) is 1. The fourth-order valence-corrected chi connectivity index (χ4v) is 2.21. The van der Waals surface area contributed by atoms with Gasteiger partial charge in [-0.3, -0.25) is 0 Å². The van der Waals surface area contributed by atoms with E-state index in [-0.39, 0.29) is 22.7 Å². The van der Waals surface area contributed by atoms with E-state index in [1.807, 2.05) is 6.07 Å². The summed E-state index contributed by atoms with van der Waals surface area (Å²) in [5.41, 5.74) is 5.48. The van der Waals surface area contributed by atoms with E-state index < -0.39 is 5.82 Å². The number of aromatic hydroxyl groups is 1. The molecule has 0 bridgehead atoms. The highest BCUT2D eigenvalue weighted by Gasteiger charge is 2.12. The summed E-state index contributed by atoms with van der Waals surface area (Å²) in [6.45, 7) is 0. The number of nitrogen functional groups attached to an aromatic ring is 1. The van der Waals surface area contributed by atoms with Gasteiger partial charge in [0.05, 0.1) is 11.3 Å². The summed E-state index contributed by atoms with van der Waals surface area (Å²) < 4.78 is 19.2. The number of rotatable bonds is 2. The Bertz CT molecular complexity index is 916. The van der Waals surface area contributed by atoms with Gasteiger partial charge in [-0.1, -0.05) is 24.3 Å². The lowest BCUT2D eigenvalue weighted by Crippen LogP contribution is -1.96. The lowest BCUT2D eigenvalue weighted by molar-refractivity contribution is 0.477. The fraction of sp³-hybridized carbons (Fsp3) is 0. The van der Waals surface area contributed by atoms with Crippen molar-refractivity contribution in [2.45, 2.75) is 0 Å². The molecule has 0 aliphatic rings. The van der Waals surface area contributed by atoms with Gasteiger partial charge in [-0.05, 0) is 18.2 Å². The number of hydrogen-bond acceptors (Lipinski definition) is 4. The van der Waals surface area contributed by atoms with E-state index in [1.165, 1.54) is 6.07 Å². The lowest BCUT2D eigenvalue weighted by atomic mass is 10.1. The monoisotopic (exact) mass is 294 g/mol. The van der Waals surface area contributed by atoms with Crippen molar-refractivity contribution < 1.29 is 14.2 Å². The van der Waals surface area contributed by atoms with Crippen LogP contribution in [-0.4, -0.2) is 5.11 Å². The third kappa shape index (κ3) is 2.27. The Labute approximate surface area is 125 Å². The Hall–Kier alpha value is -3.26. The first-order valence-electron chi connectivity index (χ1n) is 6.48. The Balaban J connectivity index is 2.14. The van der Waals surface area contributed by atoms with E-state index >= 15 is 0 Å². The molecule has 4 nitrogen and oxygen atoms in total. The van der Waals surface area contributed by atoms with Crippen LogP contribution in [0.1, 0.15) is 5.56 Å². The van der Waals surface area contributed by atoms with Crippen LogP contribution in [0.3, 0.4) is 0 Å². The van der Waals surface area contributed by atoms with Crippen LogP contribution >= 0.6 is 0 Å². The molecule has 0 atom stereocenters. The first-order valence-corrected chi connectivity index (χ1v) is 6.48. The van der Waals surface area contributed by atoms with E-state index in [4.69, 9.17) is 15.7 Å². The predicted molar refractivity (Wildman–Crippen MR) is 81.2 cm³/mol. The Morgan fingerprint density at radius 2 is 1.77 bits per heavy atom. The van der Waals surface area contributed by atoms with Crippen LogP contribution in [0.15, 0.2) is 48.5 Å². The summed E-state index contributed by atoms with van der Waals surface area (Å²) in [4.78, 5) is 0.